The molecule has 1 rings (SSSR count). The van der Waals surface area contributed by atoms with Gasteiger partial charge in [-0.3, -0.25) is 0 Å². The molecule has 0 fully saturated rings. The number of rotatable bonds is 5. The molecule has 1 N–H and O–H groups in total. The Morgan fingerprint density at radius 1 is 1.21 bits per heavy atom. The first-order chi connectivity index (χ1) is 8.92. The van der Waals surface area contributed by atoms with E-state index in [1.54, 1.807) is 0 Å². The topological polar surface area (TPSA) is 47.6 Å². The number of carbonyl (C=O) groups is 1. The van der Waals surface area contributed by atoms with Crippen molar-refractivity contribution in [3.63, 3.8) is 0 Å². The number of benzene rings is 1. The Bertz CT molecular complexity index is 410. The molecule has 0 aliphatic heterocycles. The highest BCUT2D eigenvalue weighted by Gasteiger charge is 2.15. The molecular weight excluding hydrogens is 242 g/mol. The lowest BCUT2D eigenvalue weighted by atomic mass is 10.1. The lowest BCUT2D eigenvalue weighted by Crippen LogP contribution is -2.32. The Balaban J connectivity index is 2.55. The molecule has 19 heavy (non-hydrogen) atoms. The van der Waals surface area contributed by atoms with Gasteiger partial charge in [0, 0.05) is 13.2 Å². The van der Waals surface area contributed by atoms with Crippen molar-refractivity contribution in [2.45, 2.75) is 46.4 Å². The van der Waals surface area contributed by atoms with Gasteiger partial charge in [0.15, 0.2) is 0 Å². The van der Waals surface area contributed by atoms with Crippen LogP contribution in [0.2, 0.25) is 0 Å². The molecule has 1 amide bonds. The first-order valence-electron chi connectivity index (χ1n) is 6.53. The minimum Gasteiger partial charge on any atom is -0.444 e. The molecule has 1 aromatic carbocycles. The third-order valence-electron chi connectivity index (χ3n) is 2.40. The summed E-state index contributed by atoms with van der Waals surface area (Å²) in [7, 11) is 0. The number of amides is 1. The van der Waals surface area contributed by atoms with Gasteiger partial charge in [-0.1, -0.05) is 24.3 Å². The molecule has 0 heterocycles. The minimum atomic E-state index is -0.477. The highest BCUT2D eigenvalue weighted by molar-refractivity contribution is 5.67. The zero-order chi connectivity index (χ0) is 14.3. The van der Waals surface area contributed by atoms with Crippen molar-refractivity contribution < 1.29 is 14.3 Å². The molecular formula is C15H23NO3. The van der Waals surface area contributed by atoms with Gasteiger partial charge in [-0.05, 0) is 38.8 Å². The van der Waals surface area contributed by atoms with E-state index < -0.39 is 11.7 Å². The Kier molecular flexibility index (Phi) is 5.83. The summed E-state index contributed by atoms with van der Waals surface area (Å²) in [5.74, 6) is 0. The molecule has 4 nitrogen and oxygen atoms in total. The molecule has 0 unspecified atom stereocenters. The van der Waals surface area contributed by atoms with Crippen molar-refractivity contribution >= 4 is 6.09 Å². The second-order valence-electron chi connectivity index (χ2n) is 5.26. The minimum absolute atomic E-state index is 0.404. The van der Waals surface area contributed by atoms with Crippen LogP contribution in [0.1, 0.15) is 38.8 Å². The SMILES string of the molecule is CCOCc1ccccc1CNC(=O)OC(C)(C)C. The van der Waals surface area contributed by atoms with E-state index in [2.05, 4.69) is 5.32 Å². The van der Waals surface area contributed by atoms with Gasteiger partial charge in [0.2, 0.25) is 0 Å². The summed E-state index contributed by atoms with van der Waals surface area (Å²) in [5.41, 5.74) is 1.65. The van der Waals surface area contributed by atoms with Crippen LogP contribution >= 0.6 is 0 Å². The largest absolute Gasteiger partial charge is 0.444 e. The molecule has 0 spiro atoms. The van der Waals surface area contributed by atoms with E-state index in [4.69, 9.17) is 9.47 Å². The summed E-state index contributed by atoms with van der Waals surface area (Å²) in [6.07, 6.45) is -0.404. The van der Waals surface area contributed by atoms with E-state index in [0.29, 0.717) is 19.8 Å². The van der Waals surface area contributed by atoms with Gasteiger partial charge in [-0.2, -0.15) is 0 Å². The summed E-state index contributed by atoms with van der Waals surface area (Å²) >= 11 is 0. The molecule has 4 heteroatoms. The van der Waals surface area contributed by atoms with E-state index in [-0.39, 0.29) is 0 Å². The number of hydrogen-bond acceptors (Lipinski definition) is 3. The fourth-order valence-electron chi connectivity index (χ4n) is 1.56. The smallest absolute Gasteiger partial charge is 0.407 e. The highest BCUT2D eigenvalue weighted by atomic mass is 16.6. The van der Waals surface area contributed by atoms with Crippen LogP contribution in [0.4, 0.5) is 4.79 Å². The van der Waals surface area contributed by atoms with Crippen LogP contribution < -0.4 is 5.32 Å². The third-order valence-corrected chi connectivity index (χ3v) is 2.40. The third kappa shape index (κ3) is 6.25. The zero-order valence-corrected chi connectivity index (χ0v) is 12.2. The first-order valence-corrected chi connectivity index (χ1v) is 6.53. The number of carbonyl (C=O) groups excluding carboxylic acids is 1. The van der Waals surface area contributed by atoms with Crippen molar-refractivity contribution in [3.05, 3.63) is 35.4 Å². The molecule has 0 atom stereocenters. The number of alkyl carbamates (subject to hydrolysis) is 1. The summed E-state index contributed by atoms with van der Waals surface area (Å²) in [6, 6.07) is 7.89. The lowest BCUT2D eigenvalue weighted by Gasteiger charge is -2.20. The van der Waals surface area contributed by atoms with Crippen LogP contribution in [0.25, 0.3) is 0 Å². The average molecular weight is 265 g/mol. The van der Waals surface area contributed by atoms with Crippen molar-refractivity contribution in [1.29, 1.82) is 0 Å². The quantitative estimate of drug-likeness (QED) is 0.889. The molecule has 106 valence electrons. The predicted octanol–water partition coefficient (Wildman–Crippen LogP) is 3.25. The van der Waals surface area contributed by atoms with Crippen molar-refractivity contribution in [2.75, 3.05) is 6.61 Å². The van der Waals surface area contributed by atoms with E-state index in [0.717, 1.165) is 11.1 Å². The second-order valence-corrected chi connectivity index (χ2v) is 5.26. The highest BCUT2D eigenvalue weighted by Crippen LogP contribution is 2.11. The molecule has 0 aliphatic rings. The van der Waals surface area contributed by atoms with E-state index in [9.17, 15) is 4.79 Å². The summed E-state index contributed by atoms with van der Waals surface area (Å²) in [5, 5.41) is 2.76. The van der Waals surface area contributed by atoms with Crippen molar-refractivity contribution in [3.8, 4) is 0 Å². The van der Waals surface area contributed by atoms with Gasteiger partial charge in [0.05, 0.1) is 6.61 Å². The molecule has 1 aromatic rings. The maximum atomic E-state index is 11.6. The van der Waals surface area contributed by atoms with E-state index in [1.165, 1.54) is 0 Å². The lowest BCUT2D eigenvalue weighted by molar-refractivity contribution is 0.0523. The van der Waals surface area contributed by atoms with Gasteiger partial charge >= 0.3 is 6.09 Å². The zero-order valence-electron chi connectivity index (χ0n) is 12.2. The second kappa shape index (κ2) is 7.14. The van der Waals surface area contributed by atoms with Gasteiger partial charge in [0.1, 0.15) is 5.60 Å². The van der Waals surface area contributed by atoms with Gasteiger partial charge in [-0.15, -0.1) is 0 Å². The molecule has 0 saturated heterocycles. The Morgan fingerprint density at radius 2 is 1.84 bits per heavy atom. The number of nitrogens with one attached hydrogen (secondary N) is 1. The van der Waals surface area contributed by atoms with Crippen LogP contribution in [-0.4, -0.2) is 18.3 Å². The fourth-order valence-corrected chi connectivity index (χ4v) is 1.56. The summed E-state index contributed by atoms with van der Waals surface area (Å²) in [6.45, 7) is 9.16. The summed E-state index contributed by atoms with van der Waals surface area (Å²) < 4.78 is 10.6. The number of ether oxygens (including phenoxy) is 2. The Morgan fingerprint density at radius 3 is 2.42 bits per heavy atom. The monoisotopic (exact) mass is 265 g/mol. The molecule has 0 aliphatic carbocycles. The standard InChI is InChI=1S/C15H23NO3/c1-5-18-11-13-9-7-6-8-12(13)10-16-14(17)19-15(2,3)4/h6-9H,5,10-11H2,1-4H3,(H,16,17). The first kappa shape index (κ1) is 15.5. The van der Waals surface area contributed by atoms with Crippen LogP contribution in [0.5, 0.6) is 0 Å². The molecule has 0 saturated carbocycles. The van der Waals surface area contributed by atoms with Gasteiger partial charge < -0.3 is 14.8 Å². The van der Waals surface area contributed by atoms with E-state index in [1.807, 2.05) is 52.0 Å². The molecule has 0 aromatic heterocycles. The van der Waals surface area contributed by atoms with Gasteiger partial charge in [-0.25, -0.2) is 4.79 Å². The van der Waals surface area contributed by atoms with Crippen molar-refractivity contribution in [1.82, 2.24) is 5.32 Å². The maximum absolute atomic E-state index is 11.6. The number of hydrogen-bond donors (Lipinski definition) is 1. The summed E-state index contributed by atoms with van der Waals surface area (Å²) in [4.78, 5) is 11.6. The van der Waals surface area contributed by atoms with Crippen LogP contribution in [-0.2, 0) is 22.6 Å². The van der Waals surface area contributed by atoms with Crippen molar-refractivity contribution in [2.24, 2.45) is 0 Å². The van der Waals surface area contributed by atoms with Crippen LogP contribution in [0.15, 0.2) is 24.3 Å². The fraction of sp³-hybridized carbons (Fsp3) is 0.533. The normalized spacial score (nSPS) is 11.2. The van der Waals surface area contributed by atoms with Crippen LogP contribution in [0, 0.1) is 0 Å². The predicted molar refractivity (Wildman–Crippen MR) is 74.8 cm³/mol. The van der Waals surface area contributed by atoms with Crippen LogP contribution in [0.3, 0.4) is 0 Å². The Hall–Kier alpha value is -1.55. The molecule has 0 bridgehead atoms. The van der Waals surface area contributed by atoms with Gasteiger partial charge in [0.25, 0.3) is 0 Å². The molecule has 0 radical (unpaired) electrons. The van der Waals surface area contributed by atoms with E-state index >= 15 is 0 Å². The average Bonchev–Trinajstić information content (AvgIpc) is 2.32. The Labute approximate surface area is 115 Å². The maximum Gasteiger partial charge on any atom is 0.407 e.